The van der Waals surface area contributed by atoms with Gasteiger partial charge in [0.15, 0.2) is 17.2 Å². The minimum atomic E-state index is -1.12. The van der Waals surface area contributed by atoms with Gasteiger partial charge in [-0.25, -0.2) is 4.85 Å². The molecular formula is C30H37NO4. The van der Waals surface area contributed by atoms with Gasteiger partial charge in [-0.3, -0.25) is 9.59 Å². The first-order valence-electron chi connectivity index (χ1n) is 13.4. The van der Waals surface area contributed by atoms with Crippen molar-refractivity contribution < 1.29 is 19.1 Å². The third-order valence-electron chi connectivity index (χ3n) is 12.3. The number of esters is 1. The molecule has 0 aromatic rings. The van der Waals surface area contributed by atoms with E-state index in [1.165, 1.54) is 0 Å². The second-order valence-corrected chi connectivity index (χ2v) is 14.0. The van der Waals surface area contributed by atoms with Gasteiger partial charge in [-0.2, -0.15) is 0 Å². The number of ketones is 2. The van der Waals surface area contributed by atoms with E-state index in [1.54, 1.807) is 0 Å². The molecule has 1 heterocycles. The van der Waals surface area contributed by atoms with Crippen LogP contribution in [0.3, 0.4) is 0 Å². The van der Waals surface area contributed by atoms with Crippen LogP contribution in [0.15, 0.2) is 23.4 Å². The van der Waals surface area contributed by atoms with Crippen LogP contribution in [0.2, 0.25) is 0 Å². The van der Waals surface area contributed by atoms with Gasteiger partial charge in [0.05, 0.1) is 12.0 Å². The monoisotopic (exact) mass is 475 g/mol. The lowest BCUT2D eigenvalue weighted by Crippen LogP contribution is -2.71. The highest BCUT2D eigenvalue weighted by atomic mass is 16.6. The Hall–Kier alpha value is -2.22. The summed E-state index contributed by atoms with van der Waals surface area (Å²) in [6, 6.07) is 0. The van der Waals surface area contributed by atoms with E-state index in [1.807, 2.05) is 19.1 Å². The Morgan fingerprint density at radius 2 is 1.69 bits per heavy atom. The standard InChI is InChI=1S/C30H37NO4/c1-17-18-8-9-27(5)20(26(18,4)15-19(31-7)23(17)33)14-22(32)30-21-16-25(2,3)10-12-29(21,24(34)35-30)13-11-28(27,30)6/h14-15,17-18,21H,8-13,16H2,1-6H3/t17-,18-,21+,26-,27+,28-,29-,30+/m0/s1. The van der Waals surface area contributed by atoms with Crippen LogP contribution in [0.4, 0.5) is 0 Å². The lowest BCUT2D eigenvalue weighted by Gasteiger charge is -2.68. The first kappa shape index (κ1) is 23.2. The molecule has 2 bridgehead atoms. The van der Waals surface area contributed by atoms with E-state index in [4.69, 9.17) is 11.3 Å². The SMILES string of the molecule is [C-]#[N+]C1=C[C@]2(C)C3=CC(=O)[C@]45OC(=O)[C@@]6(CCC(C)(C)C[C@H]64)CC[C@@]5(C)[C@]3(C)CC[C@H]2[C@H](C)C1=O. The zero-order valence-corrected chi connectivity index (χ0v) is 21.9. The molecule has 1 aliphatic heterocycles. The summed E-state index contributed by atoms with van der Waals surface area (Å²) in [5.74, 6) is -0.572. The van der Waals surface area contributed by atoms with Crippen molar-refractivity contribution in [2.24, 2.45) is 44.8 Å². The van der Waals surface area contributed by atoms with Gasteiger partial charge in [-0.05, 0) is 67.8 Å². The van der Waals surface area contributed by atoms with Crippen molar-refractivity contribution in [1.82, 2.24) is 0 Å². The van der Waals surface area contributed by atoms with Crippen molar-refractivity contribution in [3.63, 3.8) is 0 Å². The fourth-order valence-electron chi connectivity index (χ4n) is 10.0. The molecule has 1 saturated heterocycles. The van der Waals surface area contributed by atoms with Gasteiger partial charge in [0.1, 0.15) is 0 Å². The number of carbonyl (C=O) groups is 3. The fourth-order valence-corrected chi connectivity index (χ4v) is 10.0. The summed E-state index contributed by atoms with van der Waals surface area (Å²) < 4.78 is 6.44. The molecule has 0 radical (unpaired) electrons. The maximum absolute atomic E-state index is 14.4. The first-order valence-corrected chi connectivity index (χ1v) is 13.4. The van der Waals surface area contributed by atoms with E-state index in [-0.39, 0.29) is 51.8 Å². The Bertz CT molecular complexity index is 1200. The zero-order valence-electron chi connectivity index (χ0n) is 21.9. The molecule has 5 nitrogen and oxygen atoms in total. The number of carbonyl (C=O) groups excluding carboxylic acids is 3. The average Bonchev–Trinajstić information content (AvgIpc) is 2.98. The number of hydrogen-bond acceptors (Lipinski definition) is 4. The smallest absolute Gasteiger partial charge is 0.313 e. The predicted octanol–water partition coefficient (Wildman–Crippen LogP) is 5.85. The summed E-state index contributed by atoms with van der Waals surface area (Å²) >= 11 is 0. The van der Waals surface area contributed by atoms with Crippen molar-refractivity contribution in [3.8, 4) is 0 Å². The molecule has 0 unspecified atom stereocenters. The molecule has 5 heteroatoms. The molecule has 0 aromatic heterocycles. The van der Waals surface area contributed by atoms with Gasteiger partial charge in [-0.15, -0.1) is 0 Å². The Morgan fingerprint density at radius 1 is 1.00 bits per heavy atom. The van der Waals surface area contributed by atoms with Gasteiger partial charge in [0.2, 0.25) is 5.70 Å². The quantitative estimate of drug-likeness (QED) is 0.326. The van der Waals surface area contributed by atoms with Gasteiger partial charge in [0, 0.05) is 22.7 Å². The summed E-state index contributed by atoms with van der Waals surface area (Å²) in [6.07, 6.45) is 9.55. The molecule has 8 atom stereocenters. The third kappa shape index (κ3) is 2.30. The predicted molar refractivity (Wildman–Crippen MR) is 131 cm³/mol. The highest BCUT2D eigenvalue weighted by Gasteiger charge is 2.82. The Balaban J connectivity index is 1.59. The molecule has 0 N–H and O–H groups in total. The largest absolute Gasteiger partial charge is 0.449 e. The minimum absolute atomic E-state index is 0.0608. The molecule has 0 amide bonds. The number of rotatable bonds is 0. The molecule has 35 heavy (non-hydrogen) atoms. The molecule has 4 fully saturated rings. The summed E-state index contributed by atoms with van der Waals surface area (Å²) in [4.78, 5) is 44.5. The molecular weight excluding hydrogens is 438 g/mol. The van der Waals surface area contributed by atoms with E-state index in [0.717, 1.165) is 50.5 Å². The summed E-state index contributed by atoms with van der Waals surface area (Å²) in [7, 11) is 0. The van der Waals surface area contributed by atoms with E-state index in [9.17, 15) is 14.4 Å². The third-order valence-corrected chi connectivity index (χ3v) is 12.3. The Labute approximate surface area is 208 Å². The Morgan fingerprint density at radius 3 is 2.37 bits per heavy atom. The number of ether oxygens (including phenoxy) is 1. The number of allylic oxidation sites excluding steroid dienone is 3. The molecule has 1 spiro atoms. The van der Waals surface area contributed by atoms with E-state index in [0.29, 0.717) is 0 Å². The second kappa shape index (κ2) is 6.36. The molecule has 3 saturated carbocycles. The van der Waals surface area contributed by atoms with Crippen molar-refractivity contribution in [2.45, 2.75) is 92.1 Å². The van der Waals surface area contributed by atoms with Crippen molar-refractivity contribution >= 4 is 17.5 Å². The van der Waals surface area contributed by atoms with Crippen molar-refractivity contribution in [3.05, 3.63) is 34.8 Å². The molecule has 5 aliphatic carbocycles. The van der Waals surface area contributed by atoms with Crippen LogP contribution in [-0.2, 0) is 19.1 Å². The minimum Gasteiger partial charge on any atom is -0.449 e. The highest BCUT2D eigenvalue weighted by molar-refractivity contribution is 6.05. The summed E-state index contributed by atoms with van der Waals surface area (Å²) in [5, 5.41) is 0. The van der Waals surface area contributed by atoms with Crippen LogP contribution in [0.1, 0.15) is 86.5 Å². The van der Waals surface area contributed by atoms with E-state index >= 15 is 0 Å². The van der Waals surface area contributed by atoms with E-state index in [2.05, 4.69) is 39.5 Å². The second-order valence-electron chi connectivity index (χ2n) is 14.0. The number of Topliss-reactive ketones (excluding diaryl/α,β-unsaturated/α-hetero) is 1. The van der Waals surface area contributed by atoms with Gasteiger partial charge in [-0.1, -0.05) is 53.2 Å². The molecule has 6 rings (SSSR count). The highest BCUT2D eigenvalue weighted by Crippen LogP contribution is 2.78. The molecule has 0 aromatic carbocycles. The van der Waals surface area contributed by atoms with Crippen LogP contribution in [0, 0.1) is 51.4 Å². The fraction of sp³-hybridized carbons (Fsp3) is 0.733. The van der Waals surface area contributed by atoms with Gasteiger partial charge >= 0.3 is 5.97 Å². The van der Waals surface area contributed by atoms with Gasteiger partial charge < -0.3 is 9.53 Å². The van der Waals surface area contributed by atoms with Crippen molar-refractivity contribution in [1.29, 1.82) is 0 Å². The zero-order chi connectivity index (χ0) is 25.4. The topological polar surface area (TPSA) is 64.8 Å². The first-order chi connectivity index (χ1) is 16.2. The molecule has 6 aliphatic rings. The Kier molecular flexibility index (Phi) is 4.22. The summed E-state index contributed by atoms with van der Waals surface area (Å²) in [6.45, 7) is 20.7. The summed E-state index contributed by atoms with van der Waals surface area (Å²) in [5.41, 5.74) is -1.78. The van der Waals surface area contributed by atoms with Crippen LogP contribution in [0.25, 0.3) is 4.85 Å². The van der Waals surface area contributed by atoms with Gasteiger partial charge in [0.25, 0.3) is 0 Å². The number of fused-ring (bicyclic) bond motifs is 4. The number of hydrogen-bond donors (Lipinski definition) is 0. The van der Waals surface area contributed by atoms with Crippen LogP contribution in [-0.4, -0.2) is 23.1 Å². The lowest BCUT2D eigenvalue weighted by atomic mass is 9.34. The van der Waals surface area contributed by atoms with Crippen LogP contribution < -0.4 is 0 Å². The number of nitrogens with zero attached hydrogens (tertiary/aromatic N) is 1. The maximum Gasteiger partial charge on any atom is 0.313 e. The lowest BCUT2D eigenvalue weighted by molar-refractivity contribution is -0.205. The van der Waals surface area contributed by atoms with E-state index < -0.39 is 21.8 Å². The normalized spacial score (nSPS) is 51.6. The van der Waals surface area contributed by atoms with Crippen molar-refractivity contribution in [2.75, 3.05) is 0 Å². The molecule has 186 valence electrons. The maximum atomic E-state index is 14.4. The van der Waals surface area contributed by atoms with Crippen LogP contribution in [0.5, 0.6) is 0 Å². The van der Waals surface area contributed by atoms with Crippen LogP contribution >= 0.6 is 0 Å². The average molecular weight is 476 g/mol.